The fourth-order valence-corrected chi connectivity index (χ4v) is 2.11. The molecule has 0 spiro atoms. The Morgan fingerprint density at radius 1 is 1.14 bits per heavy atom. The molecule has 4 heteroatoms. The summed E-state index contributed by atoms with van der Waals surface area (Å²) < 4.78 is 16.1. The molecule has 0 N–H and O–H groups in total. The number of rotatable bonds is 4. The number of furan rings is 2. The third kappa shape index (κ3) is 2.60. The van der Waals surface area contributed by atoms with E-state index >= 15 is 0 Å². The van der Waals surface area contributed by atoms with Crippen molar-refractivity contribution in [2.45, 2.75) is 6.92 Å². The van der Waals surface area contributed by atoms with Gasteiger partial charge in [-0.1, -0.05) is 30.3 Å². The molecule has 0 saturated carbocycles. The van der Waals surface area contributed by atoms with Crippen molar-refractivity contribution < 1.29 is 18.4 Å². The van der Waals surface area contributed by atoms with E-state index in [0.717, 1.165) is 11.1 Å². The molecule has 106 valence electrons. The lowest BCUT2D eigenvalue weighted by Gasteiger charge is -2.00. The molecule has 0 unspecified atom stereocenters. The van der Waals surface area contributed by atoms with Crippen LogP contribution in [0.5, 0.6) is 0 Å². The van der Waals surface area contributed by atoms with Gasteiger partial charge in [0, 0.05) is 11.6 Å². The summed E-state index contributed by atoms with van der Waals surface area (Å²) in [5, 5.41) is 0. The summed E-state index contributed by atoms with van der Waals surface area (Å²) in [5.41, 5.74) is 1.61. The fourth-order valence-electron chi connectivity index (χ4n) is 2.11. The second kappa shape index (κ2) is 5.71. The van der Waals surface area contributed by atoms with Crippen LogP contribution in [0.2, 0.25) is 0 Å². The summed E-state index contributed by atoms with van der Waals surface area (Å²) in [6.07, 6.45) is 1.58. The SMILES string of the molecule is CCOC(=O)c1cc(-c2ccco2)c(-c2ccccc2)o1. The number of benzene rings is 1. The third-order valence-electron chi connectivity index (χ3n) is 3.03. The minimum atomic E-state index is -0.479. The molecule has 1 aromatic carbocycles. The van der Waals surface area contributed by atoms with Crippen LogP contribution < -0.4 is 0 Å². The molecule has 0 radical (unpaired) electrons. The standard InChI is InChI=1S/C17H14O4/c1-2-19-17(18)15-11-13(14-9-6-10-20-14)16(21-15)12-7-4-3-5-8-12/h3-11H,2H2,1H3. The maximum absolute atomic E-state index is 11.9. The predicted molar refractivity (Wildman–Crippen MR) is 77.8 cm³/mol. The van der Waals surface area contributed by atoms with Crippen LogP contribution >= 0.6 is 0 Å². The molecule has 3 rings (SSSR count). The van der Waals surface area contributed by atoms with Gasteiger partial charge in [0.25, 0.3) is 0 Å². The van der Waals surface area contributed by atoms with E-state index in [-0.39, 0.29) is 5.76 Å². The van der Waals surface area contributed by atoms with Gasteiger partial charge in [0.05, 0.1) is 18.4 Å². The maximum Gasteiger partial charge on any atom is 0.374 e. The van der Waals surface area contributed by atoms with Crippen LogP contribution in [-0.4, -0.2) is 12.6 Å². The summed E-state index contributed by atoms with van der Waals surface area (Å²) in [5.74, 6) is 0.927. The lowest BCUT2D eigenvalue weighted by atomic mass is 10.1. The number of carbonyl (C=O) groups is 1. The molecule has 0 fully saturated rings. The topological polar surface area (TPSA) is 52.6 Å². The first-order valence-electron chi connectivity index (χ1n) is 6.70. The summed E-state index contributed by atoms with van der Waals surface area (Å²) in [6, 6.07) is 14.8. The van der Waals surface area contributed by atoms with Crippen LogP contribution in [0.1, 0.15) is 17.5 Å². The Labute approximate surface area is 122 Å². The smallest absolute Gasteiger partial charge is 0.374 e. The average molecular weight is 282 g/mol. The van der Waals surface area contributed by atoms with E-state index in [2.05, 4.69) is 0 Å². The van der Waals surface area contributed by atoms with Crippen LogP contribution in [-0.2, 0) is 4.74 Å². The van der Waals surface area contributed by atoms with E-state index in [1.165, 1.54) is 0 Å². The zero-order valence-electron chi connectivity index (χ0n) is 11.5. The van der Waals surface area contributed by atoms with Crippen molar-refractivity contribution in [1.29, 1.82) is 0 Å². The molecule has 0 atom stereocenters. The van der Waals surface area contributed by atoms with Crippen molar-refractivity contribution in [2.75, 3.05) is 6.61 Å². The van der Waals surface area contributed by atoms with Gasteiger partial charge < -0.3 is 13.6 Å². The van der Waals surface area contributed by atoms with E-state index in [0.29, 0.717) is 18.1 Å². The number of esters is 1. The van der Waals surface area contributed by atoms with Gasteiger partial charge in [0.2, 0.25) is 5.76 Å². The maximum atomic E-state index is 11.9. The Bertz CT molecular complexity index is 724. The number of hydrogen-bond donors (Lipinski definition) is 0. The van der Waals surface area contributed by atoms with Gasteiger partial charge in [-0.25, -0.2) is 4.79 Å². The highest BCUT2D eigenvalue weighted by atomic mass is 16.5. The largest absolute Gasteiger partial charge is 0.464 e. The van der Waals surface area contributed by atoms with Crippen molar-refractivity contribution >= 4 is 5.97 Å². The first-order chi connectivity index (χ1) is 10.3. The normalized spacial score (nSPS) is 10.5. The molecular weight excluding hydrogens is 268 g/mol. The lowest BCUT2D eigenvalue weighted by molar-refractivity contribution is 0.0491. The van der Waals surface area contributed by atoms with Crippen molar-refractivity contribution in [2.24, 2.45) is 0 Å². The Morgan fingerprint density at radius 3 is 2.62 bits per heavy atom. The molecular formula is C17H14O4. The number of carbonyl (C=O) groups excluding carboxylic acids is 1. The van der Waals surface area contributed by atoms with Crippen molar-refractivity contribution in [3.63, 3.8) is 0 Å². The van der Waals surface area contributed by atoms with Gasteiger partial charge >= 0.3 is 5.97 Å². The van der Waals surface area contributed by atoms with Gasteiger partial charge in [0.1, 0.15) is 11.5 Å². The lowest BCUT2D eigenvalue weighted by Crippen LogP contribution is -2.02. The quantitative estimate of drug-likeness (QED) is 0.666. The minimum absolute atomic E-state index is 0.169. The molecule has 0 aliphatic carbocycles. The second-order valence-electron chi connectivity index (χ2n) is 4.42. The Balaban J connectivity index is 2.11. The van der Waals surface area contributed by atoms with E-state index < -0.39 is 5.97 Å². The van der Waals surface area contributed by atoms with Crippen LogP contribution in [0, 0.1) is 0 Å². The summed E-state index contributed by atoms with van der Waals surface area (Å²) in [7, 11) is 0. The second-order valence-corrected chi connectivity index (χ2v) is 4.42. The van der Waals surface area contributed by atoms with Crippen LogP contribution in [0.15, 0.2) is 63.6 Å². The molecule has 2 aromatic heterocycles. The van der Waals surface area contributed by atoms with Crippen molar-refractivity contribution in [1.82, 2.24) is 0 Å². The average Bonchev–Trinajstić information content (AvgIpc) is 3.17. The van der Waals surface area contributed by atoms with Crippen molar-refractivity contribution in [3.05, 3.63) is 60.6 Å². The highest BCUT2D eigenvalue weighted by Gasteiger charge is 2.21. The zero-order valence-corrected chi connectivity index (χ0v) is 11.5. The molecule has 21 heavy (non-hydrogen) atoms. The minimum Gasteiger partial charge on any atom is -0.464 e. The molecule has 0 saturated heterocycles. The van der Waals surface area contributed by atoms with Gasteiger partial charge in [-0.05, 0) is 19.1 Å². The highest BCUT2D eigenvalue weighted by molar-refractivity contribution is 5.91. The molecule has 0 amide bonds. The monoisotopic (exact) mass is 282 g/mol. The molecule has 3 aromatic rings. The zero-order chi connectivity index (χ0) is 14.7. The number of hydrogen-bond acceptors (Lipinski definition) is 4. The fraction of sp³-hybridized carbons (Fsp3) is 0.118. The van der Waals surface area contributed by atoms with Gasteiger partial charge in [-0.2, -0.15) is 0 Å². The first kappa shape index (κ1) is 13.2. The highest BCUT2D eigenvalue weighted by Crippen LogP contribution is 2.35. The van der Waals surface area contributed by atoms with E-state index in [9.17, 15) is 4.79 Å². The van der Waals surface area contributed by atoms with Crippen LogP contribution in [0.4, 0.5) is 0 Å². The molecule has 0 aliphatic rings. The number of ether oxygens (including phenoxy) is 1. The van der Waals surface area contributed by atoms with Crippen LogP contribution in [0.25, 0.3) is 22.6 Å². The Hall–Kier alpha value is -2.75. The van der Waals surface area contributed by atoms with Crippen molar-refractivity contribution in [3.8, 4) is 22.6 Å². The van der Waals surface area contributed by atoms with Crippen LogP contribution in [0.3, 0.4) is 0 Å². The summed E-state index contributed by atoms with van der Waals surface area (Å²) in [6.45, 7) is 2.06. The molecule has 0 bridgehead atoms. The van der Waals surface area contributed by atoms with E-state index in [1.54, 1.807) is 25.3 Å². The van der Waals surface area contributed by atoms with Gasteiger partial charge in [-0.15, -0.1) is 0 Å². The summed E-state index contributed by atoms with van der Waals surface area (Å²) >= 11 is 0. The first-order valence-corrected chi connectivity index (χ1v) is 6.70. The molecule has 2 heterocycles. The Kier molecular flexibility index (Phi) is 3.60. The third-order valence-corrected chi connectivity index (χ3v) is 3.03. The predicted octanol–water partition coefficient (Wildman–Crippen LogP) is 4.38. The van der Waals surface area contributed by atoms with E-state index in [4.69, 9.17) is 13.6 Å². The van der Waals surface area contributed by atoms with Gasteiger partial charge in [-0.3, -0.25) is 0 Å². The molecule has 4 nitrogen and oxygen atoms in total. The summed E-state index contributed by atoms with van der Waals surface area (Å²) in [4.78, 5) is 11.9. The molecule has 0 aliphatic heterocycles. The van der Waals surface area contributed by atoms with Gasteiger partial charge in [0.15, 0.2) is 0 Å². The Morgan fingerprint density at radius 2 is 1.95 bits per heavy atom. The van der Waals surface area contributed by atoms with E-state index in [1.807, 2.05) is 36.4 Å².